The van der Waals surface area contributed by atoms with Gasteiger partial charge in [-0.05, 0) is 19.1 Å². The summed E-state index contributed by atoms with van der Waals surface area (Å²) in [6.45, 7) is 2.07. The molecule has 0 amide bonds. The standard InChI is InChI=1S/C18H13ClN2O2/c1-2-23-18(22)15-11-7-5-9-13-14(16(11)21-17(15)19)10-6-3-4-8-12(10)20-13/h3-9,21H,2H2,1H3. The van der Waals surface area contributed by atoms with Crippen LogP contribution in [-0.2, 0) is 4.74 Å². The van der Waals surface area contributed by atoms with Gasteiger partial charge in [-0.15, -0.1) is 0 Å². The Morgan fingerprint density at radius 1 is 1.17 bits per heavy atom. The molecule has 1 aliphatic carbocycles. The average Bonchev–Trinajstić information content (AvgIpc) is 3.00. The predicted molar refractivity (Wildman–Crippen MR) is 91.2 cm³/mol. The number of carbonyl (C=O) groups excluding carboxylic acids is 1. The summed E-state index contributed by atoms with van der Waals surface area (Å²) in [6, 6.07) is 13.6. The molecule has 5 heteroatoms. The summed E-state index contributed by atoms with van der Waals surface area (Å²) in [7, 11) is 0. The lowest BCUT2D eigenvalue weighted by atomic mass is 10.1. The molecule has 2 aromatic rings. The zero-order valence-corrected chi connectivity index (χ0v) is 13.1. The molecule has 2 heterocycles. The van der Waals surface area contributed by atoms with Crippen molar-refractivity contribution in [3.63, 3.8) is 0 Å². The second-order valence-corrected chi connectivity index (χ2v) is 5.62. The van der Waals surface area contributed by atoms with E-state index in [-0.39, 0.29) is 5.15 Å². The highest BCUT2D eigenvalue weighted by Crippen LogP contribution is 2.38. The smallest absolute Gasteiger partial charge is 0.341 e. The van der Waals surface area contributed by atoms with Crippen LogP contribution < -0.4 is 0 Å². The first-order valence-electron chi connectivity index (χ1n) is 7.36. The van der Waals surface area contributed by atoms with E-state index in [4.69, 9.17) is 16.3 Å². The van der Waals surface area contributed by atoms with Gasteiger partial charge in [0.2, 0.25) is 0 Å². The zero-order chi connectivity index (χ0) is 16.0. The number of hydrogen-bond acceptors (Lipinski definition) is 3. The van der Waals surface area contributed by atoms with Crippen molar-refractivity contribution in [3.8, 4) is 11.3 Å². The zero-order valence-electron chi connectivity index (χ0n) is 12.4. The van der Waals surface area contributed by atoms with Crippen LogP contribution in [0, 0.1) is 0 Å². The maximum atomic E-state index is 12.2. The molecule has 0 saturated carbocycles. The van der Waals surface area contributed by atoms with E-state index in [9.17, 15) is 4.79 Å². The Morgan fingerprint density at radius 3 is 2.78 bits per heavy atom. The topological polar surface area (TPSA) is 55.0 Å². The van der Waals surface area contributed by atoms with Gasteiger partial charge < -0.3 is 9.72 Å². The average molecular weight is 325 g/mol. The molecule has 0 unspecified atom stereocenters. The first-order chi connectivity index (χ1) is 11.2. The van der Waals surface area contributed by atoms with Crippen LogP contribution in [-0.4, -0.2) is 22.5 Å². The van der Waals surface area contributed by atoms with E-state index in [0.717, 1.165) is 33.1 Å². The second kappa shape index (κ2) is 5.25. The molecule has 0 radical (unpaired) electrons. The van der Waals surface area contributed by atoms with Gasteiger partial charge in [-0.2, -0.15) is 0 Å². The summed E-state index contributed by atoms with van der Waals surface area (Å²) in [6.07, 6.45) is 0. The van der Waals surface area contributed by atoms with Crippen LogP contribution in [0.3, 0.4) is 0 Å². The molecule has 0 bridgehead atoms. The molecule has 0 spiro atoms. The molecule has 0 fully saturated rings. The highest BCUT2D eigenvalue weighted by Gasteiger charge is 2.22. The quantitative estimate of drug-likeness (QED) is 0.546. The largest absolute Gasteiger partial charge is 0.462 e. The van der Waals surface area contributed by atoms with E-state index in [1.54, 1.807) is 6.92 Å². The second-order valence-electron chi connectivity index (χ2n) is 5.24. The third-order valence-electron chi connectivity index (χ3n) is 3.91. The number of H-pyrrole nitrogens is 1. The fraction of sp³-hybridized carbons (Fsp3) is 0.111. The maximum absolute atomic E-state index is 12.2. The molecule has 0 saturated heterocycles. The van der Waals surface area contributed by atoms with Crippen molar-refractivity contribution >= 4 is 39.4 Å². The number of halogens is 1. The van der Waals surface area contributed by atoms with Crippen LogP contribution >= 0.6 is 11.6 Å². The molecule has 1 N–H and O–H groups in total. The lowest BCUT2D eigenvalue weighted by Gasteiger charge is -1.99. The monoisotopic (exact) mass is 324 g/mol. The Hall–Kier alpha value is -2.59. The minimum Gasteiger partial charge on any atom is -0.462 e. The molecular weight excluding hydrogens is 312 g/mol. The number of fused-ring (bicyclic) bond motifs is 5. The molecule has 1 aliphatic heterocycles. The van der Waals surface area contributed by atoms with Gasteiger partial charge in [0.15, 0.2) is 0 Å². The van der Waals surface area contributed by atoms with E-state index in [1.807, 2.05) is 42.5 Å². The number of para-hydroxylation sites is 1. The van der Waals surface area contributed by atoms with Gasteiger partial charge in [0.05, 0.1) is 23.3 Å². The Balaban J connectivity index is 2.14. The van der Waals surface area contributed by atoms with Crippen LogP contribution in [0.2, 0.25) is 5.15 Å². The molecular formula is C18H13ClN2O2. The summed E-state index contributed by atoms with van der Waals surface area (Å²) in [5.74, 6) is -0.424. The predicted octanol–water partition coefficient (Wildman–Crippen LogP) is 4.65. The van der Waals surface area contributed by atoms with Crippen molar-refractivity contribution in [1.82, 2.24) is 9.97 Å². The van der Waals surface area contributed by atoms with E-state index < -0.39 is 5.97 Å². The summed E-state index contributed by atoms with van der Waals surface area (Å²) in [5, 5.41) is 2.05. The lowest BCUT2D eigenvalue weighted by Crippen LogP contribution is -2.04. The first kappa shape index (κ1) is 14.0. The number of esters is 1. The molecule has 0 atom stereocenters. The number of ether oxygens (including phenoxy) is 1. The first-order valence-corrected chi connectivity index (χ1v) is 7.74. The SMILES string of the molecule is CCOC(=O)c1c(Cl)[nH]c2c3c4ccccc4nc-3cccc12. The Morgan fingerprint density at radius 2 is 1.96 bits per heavy atom. The van der Waals surface area contributed by atoms with Crippen molar-refractivity contribution in [2.45, 2.75) is 6.92 Å². The number of aromatic nitrogens is 2. The number of carbonyl (C=O) groups is 1. The van der Waals surface area contributed by atoms with Gasteiger partial charge in [-0.1, -0.05) is 41.9 Å². The van der Waals surface area contributed by atoms with Gasteiger partial charge in [0.1, 0.15) is 10.7 Å². The Kier molecular flexibility index (Phi) is 3.20. The summed E-state index contributed by atoms with van der Waals surface area (Å²) >= 11 is 6.28. The van der Waals surface area contributed by atoms with E-state index in [2.05, 4.69) is 9.97 Å². The number of benzene rings is 1. The summed E-state index contributed by atoms with van der Waals surface area (Å²) in [5.41, 5.74) is 3.89. The van der Waals surface area contributed by atoms with Gasteiger partial charge in [0, 0.05) is 16.3 Å². The lowest BCUT2D eigenvalue weighted by molar-refractivity contribution is 0.0529. The Bertz CT molecular complexity index is 1020. The van der Waals surface area contributed by atoms with E-state index >= 15 is 0 Å². The summed E-state index contributed by atoms with van der Waals surface area (Å²) < 4.78 is 5.13. The van der Waals surface area contributed by atoms with Crippen molar-refractivity contribution in [3.05, 3.63) is 53.2 Å². The van der Waals surface area contributed by atoms with Gasteiger partial charge >= 0.3 is 5.97 Å². The highest BCUT2D eigenvalue weighted by molar-refractivity contribution is 6.35. The summed E-state index contributed by atoms with van der Waals surface area (Å²) in [4.78, 5) is 20.0. The van der Waals surface area contributed by atoms with Gasteiger partial charge in [-0.25, -0.2) is 9.78 Å². The molecule has 114 valence electrons. The Labute approximate surface area is 137 Å². The van der Waals surface area contributed by atoms with Crippen LogP contribution in [0.25, 0.3) is 33.1 Å². The van der Waals surface area contributed by atoms with Crippen molar-refractivity contribution in [2.75, 3.05) is 6.61 Å². The minimum absolute atomic E-state index is 0.288. The fourth-order valence-corrected chi connectivity index (χ4v) is 3.25. The molecule has 23 heavy (non-hydrogen) atoms. The molecule has 4 rings (SSSR count). The van der Waals surface area contributed by atoms with Crippen LogP contribution in [0.15, 0.2) is 42.5 Å². The van der Waals surface area contributed by atoms with Crippen molar-refractivity contribution < 1.29 is 9.53 Å². The van der Waals surface area contributed by atoms with E-state index in [1.165, 1.54) is 0 Å². The molecule has 2 aliphatic rings. The number of nitrogens with zero attached hydrogens (tertiary/aromatic N) is 1. The van der Waals surface area contributed by atoms with E-state index in [0.29, 0.717) is 12.2 Å². The number of rotatable bonds is 2. The number of aromatic amines is 1. The van der Waals surface area contributed by atoms with Gasteiger partial charge in [-0.3, -0.25) is 0 Å². The fourth-order valence-electron chi connectivity index (χ4n) is 2.97. The molecule has 1 aromatic heterocycles. The van der Waals surface area contributed by atoms with Crippen LogP contribution in [0.4, 0.5) is 0 Å². The maximum Gasteiger partial charge on any atom is 0.341 e. The normalized spacial score (nSPS) is 11.4. The number of hydrogen-bond donors (Lipinski definition) is 1. The van der Waals surface area contributed by atoms with Crippen molar-refractivity contribution in [2.24, 2.45) is 0 Å². The van der Waals surface area contributed by atoms with Crippen molar-refractivity contribution in [1.29, 1.82) is 0 Å². The number of nitrogens with one attached hydrogen (secondary N) is 1. The highest BCUT2D eigenvalue weighted by atomic mass is 35.5. The van der Waals surface area contributed by atoms with Gasteiger partial charge in [0.25, 0.3) is 0 Å². The third kappa shape index (κ3) is 2.06. The van der Waals surface area contributed by atoms with Crippen LogP contribution in [0.1, 0.15) is 17.3 Å². The minimum atomic E-state index is -0.424. The molecule has 4 nitrogen and oxygen atoms in total. The molecule has 1 aromatic carbocycles. The van der Waals surface area contributed by atoms with Crippen LogP contribution in [0.5, 0.6) is 0 Å². The third-order valence-corrected chi connectivity index (χ3v) is 4.19.